The van der Waals surface area contributed by atoms with Crippen LogP contribution in [0.2, 0.25) is 5.02 Å². The summed E-state index contributed by atoms with van der Waals surface area (Å²) >= 11 is 5.92. The lowest BCUT2D eigenvalue weighted by atomic mass is 10.1. The van der Waals surface area contributed by atoms with Crippen molar-refractivity contribution in [2.75, 3.05) is 12.8 Å². The number of amides is 1. The van der Waals surface area contributed by atoms with E-state index in [0.717, 1.165) is 31.9 Å². The molecule has 6 heteroatoms. The molecule has 1 amide bonds. The minimum absolute atomic E-state index is 0.0116. The van der Waals surface area contributed by atoms with Crippen LogP contribution < -0.4 is 0 Å². The molecule has 0 aromatic heterocycles. The van der Waals surface area contributed by atoms with Crippen LogP contribution in [-0.2, 0) is 9.84 Å². The first-order chi connectivity index (χ1) is 9.84. The van der Waals surface area contributed by atoms with Gasteiger partial charge < -0.3 is 4.90 Å². The molecule has 1 aliphatic carbocycles. The van der Waals surface area contributed by atoms with Crippen molar-refractivity contribution >= 4 is 27.3 Å². The minimum Gasteiger partial charge on any atom is -0.336 e. The Bertz CT molecular complexity index is 636. The van der Waals surface area contributed by atoms with Gasteiger partial charge in [-0.3, -0.25) is 4.79 Å². The summed E-state index contributed by atoms with van der Waals surface area (Å²) in [6, 6.07) is 4.72. The van der Waals surface area contributed by atoms with Crippen molar-refractivity contribution in [3.63, 3.8) is 0 Å². The van der Waals surface area contributed by atoms with Gasteiger partial charge in [0.15, 0.2) is 9.84 Å². The second-order valence-corrected chi connectivity index (χ2v) is 7.84. The molecule has 0 bridgehead atoms. The number of rotatable bonds is 4. The van der Waals surface area contributed by atoms with E-state index in [2.05, 4.69) is 0 Å². The second kappa shape index (κ2) is 6.36. The van der Waals surface area contributed by atoms with Crippen LogP contribution in [0.15, 0.2) is 23.1 Å². The monoisotopic (exact) mass is 329 g/mol. The molecule has 1 aromatic rings. The van der Waals surface area contributed by atoms with Crippen LogP contribution in [0.25, 0.3) is 0 Å². The SMILES string of the molecule is CCN(C(=O)c1ccc(Cl)c(S(C)(=O)=O)c1)C1CCCC1. The molecule has 0 spiro atoms. The highest BCUT2D eigenvalue weighted by Gasteiger charge is 2.27. The van der Waals surface area contributed by atoms with Gasteiger partial charge in [-0.25, -0.2) is 8.42 Å². The van der Waals surface area contributed by atoms with E-state index in [1.165, 1.54) is 12.1 Å². The van der Waals surface area contributed by atoms with Gasteiger partial charge in [0.1, 0.15) is 0 Å². The highest BCUT2D eigenvalue weighted by atomic mass is 35.5. The molecule has 4 nitrogen and oxygen atoms in total. The fraction of sp³-hybridized carbons (Fsp3) is 0.533. The molecule has 0 aliphatic heterocycles. The summed E-state index contributed by atoms with van der Waals surface area (Å²) in [5.41, 5.74) is 0.383. The molecule has 1 fully saturated rings. The lowest BCUT2D eigenvalue weighted by Crippen LogP contribution is -2.38. The zero-order valence-corrected chi connectivity index (χ0v) is 13.9. The van der Waals surface area contributed by atoms with Crippen LogP contribution in [0.3, 0.4) is 0 Å². The summed E-state index contributed by atoms with van der Waals surface area (Å²) in [6.07, 6.45) is 5.42. The minimum atomic E-state index is -3.44. The van der Waals surface area contributed by atoms with E-state index in [9.17, 15) is 13.2 Å². The van der Waals surface area contributed by atoms with E-state index in [-0.39, 0.29) is 21.9 Å². The first-order valence-electron chi connectivity index (χ1n) is 7.15. The van der Waals surface area contributed by atoms with Crippen LogP contribution in [-0.4, -0.2) is 38.1 Å². The molecule has 116 valence electrons. The second-order valence-electron chi connectivity index (χ2n) is 5.45. The normalized spacial score (nSPS) is 16.1. The zero-order valence-electron chi connectivity index (χ0n) is 12.3. The van der Waals surface area contributed by atoms with E-state index in [1.54, 1.807) is 6.07 Å². The van der Waals surface area contributed by atoms with Gasteiger partial charge in [-0.1, -0.05) is 24.4 Å². The topological polar surface area (TPSA) is 54.5 Å². The Morgan fingerprint density at radius 2 is 1.95 bits per heavy atom. The lowest BCUT2D eigenvalue weighted by molar-refractivity contribution is 0.0693. The van der Waals surface area contributed by atoms with Gasteiger partial charge in [0.05, 0.1) is 9.92 Å². The summed E-state index contributed by atoms with van der Waals surface area (Å²) in [7, 11) is -3.44. The van der Waals surface area contributed by atoms with Crippen LogP contribution in [0.1, 0.15) is 43.0 Å². The standard InChI is InChI=1S/C15H20ClNO3S/c1-3-17(12-6-4-5-7-12)15(18)11-8-9-13(16)14(10-11)21(2,19)20/h8-10,12H,3-7H2,1-2H3. The van der Waals surface area contributed by atoms with Crippen molar-refractivity contribution in [2.24, 2.45) is 0 Å². The van der Waals surface area contributed by atoms with Gasteiger partial charge in [0.2, 0.25) is 0 Å². The van der Waals surface area contributed by atoms with Crippen molar-refractivity contribution in [1.82, 2.24) is 4.90 Å². The maximum Gasteiger partial charge on any atom is 0.254 e. The van der Waals surface area contributed by atoms with Gasteiger partial charge in [-0.05, 0) is 38.0 Å². The van der Waals surface area contributed by atoms with Crippen LogP contribution in [0.5, 0.6) is 0 Å². The Balaban J connectivity index is 2.34. The molecule has 0 atom stereocenters. The highest BCUT2D eigenvalue weighted by Crippen LogP contribution is 2.27. The Kier molecular flexibility index (Phi) is 4.94. The summed E-state index contributed by atoms with van der Waals surface area (Å²) < 4.78 is 23.4. The molecule has 0 saturated heterocycles. The Morgan fingerprint density at radius 3 is 2.48 bits per heavy atom. The van der Waals surface area contributed by atoms with Gasteiger partial charge in [-0.2, -0.15) is 0 Å². The molecule has 1 aliphatic rings. The number of carbonyl (C=O) groups is 1. The lowest BCUT2D eigenvalue weighted by Gasteiger charge is -2.28. The predicted octanol–water partition coefficient (Wildman–Crippen LogP) is 3.15. The summed E-state index contributed by atoms with van der Waals surface area (Å²) in [6.45, 7) is 2.57. The smallest absolute Gasteiger partial charge is 0.254 e. The van der Waals surface area contributed by atoms with E-state index >= 15 is 0 Å². The average Bonchev–Trinajstić information content (AvgIpc) is 2.92. The first-order valence-corrected chi connectivity index (χ1v) is 9.42. The van der Waals surface area contributed by atoms with Crippen molar-refractivity contribution in [3.8, 4) is 0 Å². The van der Waals surface area contributed by atoms with Crippen molar-refractivity contribution in [1.29, 1.82) is 0 Å². The molecular formula is C15H20ClNO3S. The van der Waals surface area contributed by atoms with E-state index in [1.807, 2.05) is 11.8 Å². The first kappa shape index (κ1) is 16.3. The zero-order chi connectivity index (χ0) is 15.6. The summed E-state index contributed by atoms with van der Waals surface area (Å²) in [5.74, 6) is -0.119. The molecule has 0 N–H and O–H groups in total. The third-order valence-electron chi connectivity index (χ3n) is 3.94. The van der Waals surface area contributed by atoms with E-state index in [0.29, 0.717) is 12.1 Å². The quantitative estimate of drug-likeness (QED) is 0.852. The maximum atomic E-state index is 12.6. The third kappa shape index (κ3) is 3.58. The van der Waals surface area contributed by atoms with Crippen molar-refractivity contribution in [2.45, 2.75) is 43.5 Å². The Morgan fingerprint density at radius 1 is 1.33 bits per heavy atom. The molecule has 2 rings (SSSR count). The summed E-state index contributed by atoms with van der Waals surface area (Å²) in [4.78, 5) is 14.5. The largest absolute Gasteiger partial charge is 0.336 e. The van der Waals surface area contributed by atoms with Crippen LogP contribution in [0.4, 0.5) is 0 Å². The third-order valence-corrected chi connectivity index (χ3v) is 5.52. The summed E-state index contributed by atoms with van der Waals surface area (Å²) in [5, 5.41) is 0.151. The van der Waals surface area contributed by atoms with Gasteiger partial charge in [0, 0.05) is 24.4 Å². The number of benzene rings is 1. The average molecular weight is 330 g/mol. The molecule has 0 unspecified atom stereocenters. The highest BCUT2D eigenvalue weighted by molar-refractivity contribution is 7.90. The maximum absolute atomic E-state index is 12.6. The predicted molar refractivity (Wildman–Crippen MR) is 83.5 cm³/mol. The van der Waals surface area contributed by atoms with Gasteiger partial charge in [0.25, 0.3) is 5.91 Å². The number of halogens is 1. The molecular weight excluding hydrogens is 310 g/mol. The van der Waals surface area contributed by atoms with Crippen LogP contribution >= 0.6 is 11.6 Å². The number of sulfone groups is 1. The number of hydrogen-bond donors (Lipinski definition) is 0. The van der Waals surface area contributed by atoms with Crippen molar-refractivity contribution < 1.29 is 13.2 Å². The van der Waals surface area contributed by atoms with E-state index in [4.69, 9.17) is 11.6 Å². The van der Waals surface area contributed by atoms with Gasteiger partial charge >= 0.3 is 0 Å². The molecule has 21 heavy (non-hydrogen) atoms. The van der Waals surface area contributed by atoms with E-state index < -0.39 is 9.84 Å². The molecule has 0 heterocycles. The molecule has 1 saturated carbocycles. The number of nitrogens with zero attached hydrogens (tertiary/aromatic N) is 1. The Labute approximate surface area is 131 Å². The number of hydrogen-bond acceptors (Lipinski definition) is 3. The fourth-order valence-electron chi connectivity index (χ4n) is 2.87. The Hall–Kier alpha value is -1.07. The fourth-order valence-corrected chi connectivity index (χ4v) is 4.17. The molecule has 0 radical (unpaired) electrons. The number of carbonyl (C=O) groups excluding carboxylic acids is 1. The molecule has 1 aromatic carbocycles. The van der Waals surface area contributed by atoms with Crippen molar-refractivity contribution in [3.05, 3.63) is 28.8 Å². The van der Waals surface area contributed by atoms with Gasteiger partial charge in [-0.15, -0.1) is 0 Å². The van der Waals surface area contributed by atoms with Crippen LogP contribution in [0, 0.1) is 0 Å².